The summed E-state index contributed by atoms with van der Waals surface area (Å²) in [6.07, 6.45) is 1.57. The largest absolute Gasteiger partial charge is 0.497 e. The molecule has 1 heterocycles. The van der Waals surface area contributed by atoms with Crippen LogP contribution in [0.2, 0.25) is 0 Å². The summed E-state index contributed by atoms with van der Waals surface area (Å²) in [5, 5.41) is 14.8. The number of rotatable bonds is 6. The van der Waals surface area contributed by atoms with E-state index in [9.17, 15) is 9.59 Å². The van der Waals surface area contributed by atoms with Crippen LogP contribution in [0.15, 0.2) is 29.4 Å². The molecule has 120 valence electrons. The number of nitrogens with zero attached hydrogens (tertiary/aromatic N) is 3. The van der Waals surface area contributed by atoms with Gasteiger partial charge in [-0.3, -0.25) is 9.59 Å². The third-order valence-corrected chi connectivity index (χ3v) is 3.42. The van der Waals surface area contributed by atoms with E-state index in [1.54, 1.807) is 19.2 Å². The molecule has 0 fully saturated rings. The summed E-state index contributed by atoms with van der Waals surface area (Å²) < 4.78 is 5.05. The lowest BCUT2D eigenvalue weighted by atomic mass is 10.2. The highest BCUT2D eigenvalue weighted by molar-refractivity contribution is 7.15. The fourth-order valence-corrected chi connectivity index (χ4v) is 2.36. The Labute approximate surface area is 136 Å². The van der Waals surface area contributed by atoms with Crippen molar-refractivity contribution < 1.29 is 14.3 Å². The van der Waals surface area contributed by atoms with Crippen molar-refractivity contribution in [3.63, 3.8) is 0 Å². The third-order valence-electron chi connectivity index (χ3n) is 2.58. The molecule has 0 aliphatic carbocycles. The van der Waals surface area contributed by atoms with E-state index in [2.05, 4.69) is 26.0 Å². The Bertz CT molecular complexity index is 711. The Morgan fingerprint density at radius 1 is 1.30 bits per heavy atom. The third kappa shape index (κ3) is 5.47. The Morgan fingerprint density at radius 3 is 2.70 bits per heavy atom. The Hall–Kier alpha value is -2.81. The zero-order valence-electron chi connectivity index (χ0n) is 12.6. The fraction of sp³-hybridized carbons (Fsp3) is 0.214. The molecule has 0 aliphatic rings. The molecular weight excluding hydrogens is 318 g/mol. The molecule has 0 radical (unpaired) electrons. The van der Waals surface area contributed by atoms with Crippen LogP contribution in [0.4, 0.5) is 5.13 Å². The van der Waals surface area contributed by atoms with Crippen molar-refractivity contribution in [2.45, 2.75) is 13.3 Å². The van der Waals surface area contributed by atoms with Crippen LogP contribution in [0.5, 0.6) is 5.75 Å². The summed E-state index contributed by atoms with van der Waals surface area (Å²) in [6, 6.07) is 7.24. The summed E-state index contributed by atoms with van der Waals surface area (Å²) >= 11 is 1.14. The minimum Gasteiger partial charge on any atom is -0.497 e. The van der Waals surface area contributed by atoms with Crippen LogP contribution >= 0.6 is 11.3 Å². The molecule has 2 amide bonds. The number of benzene rings is 1. The van der Waals surface area contributed by atoms with Crippen LogP contribution < -0.4 is 15.5 Å². The molecule has 1 aromatic heterocycles. The van der Waals surface area contributed by atoms with Gasteiger partial charge in [0.05, 0.1) is 19.7 Å². The van der Waals surface area contributed by atoms with Gasteiger partial charge in [-0.25, -0.2) is 5.43 Å². The normalized spacial score (nSPS) is 10.5. The number of amides is 2. The Morgan fingerprint density at radius 2 is 2.04 bits per heavy atom. The van der Waals surface area contributed by atoms with Gasteiger partial charge in [-0.15, -0.1) is 10.2 Å². The average molecular weight is 333 g/mol. The van der Waals surface area contributed by atoms with Gasteiger partial charge < -0.3 is 10.1 Å². The Kier molecular flexibility index (Phi) is 5.75. The minimum absolute atomic E-state index is 0.0389. The van der Waals surface area contributed by atoms with Crippen LogP contribution in [-0.2, 0) is 16.0 Å². The van der Waals surface area contributed by atoms with Crippen molar-refractivity contribution in [1.29, 1.82) is 0 Å². The van der Waals surface area contributed by atoms with Gasteiger partial charge in [0.2, 0.25) is 16.9 Å². The summed E-state index contributed by atoms with van der Waals surface area (Å²) in [4.78, 5) is 22.6. The summed E-state index contributed by atoms with van der Waals surface area (Å²) in [6.45, 7) is 1.38. The zero-order valence-corrected chi connectivity index (χ0v) is 13.4. The Balaban J connectivity index is 1.83. The fourth-order valence-electron chi connectivity index (χ4n) is 1.57. The molecule has 0 bridgehead atoms. The van der Waals surface area contributed by atoms with Crippen LogP contribution in [0.25, 0.3) is 0 Å². The molecule has 2 rings (SSSR count). The number of carbonyl (C=O) groups is 2. The standard InChI is InChI=1S/C14H15N5O3S/c1-9(20)16-14-19-18-13(23-14)7-12(21)17-15-8-10-3-5-11(22-2)6-4-10/h3-6,8H,7H2,1-2H3,(H,17,21)(H,16,19,20)/b15-8+. The molecule has 1 aromatic carbocycles. The van der Waals surface area contributed by atoms with Crippen LogP contribution in [0, 0.1) is 0 Å². The van der Waals surface area contributed by atoms with E-state index in [4.69, 9.17) is 4.74 Å². The molecule has 2 N–H and O–H groups in total. The van der Waals surface area contributed by atoms with Crippen LogP contribution in [-0.4, -0.2) is 35.3 Å². The second-order valence-electron chi connectivity index (χ2n) is 4.43. The molecule has 0 atom stereocenters. The average Bonchev–Trinajstić information content (AvgIpc) is 2.94. The van der Waals surface area contributed by atoms with Crippen molar-refractivity contribution >= 4 is 34.5 Å². The van der Waals surface area contributed by atoms with Gasteiger partial charge in [-0.2, -0.15) is 5.10 Å². The van der Waals surface area contributed by atoms with Gasteiger partial charge in [0.25, 0.3) is 0 Å². The lowest BCUT2D eigenvalue weighted by Gasteiger charge is -1.99. The zero-order chi connectivity index (χ0) is 16.7. The molecule has 0 aliphatic heterocycles. The molecule has 0 spiro atoms. The maximum Gasteiger partial charge on any atom is 0.247 e. The molecule has 0 saturated heterocycles. The van der Waals surface area contributed by atoms with E-state index in [0.717, 1.165) is 22.6 Å². The first-order valence-electron chi connectivity index (χ1n) is 6.63. The predicted octanol–water partition coefficient (Wildman–Crippen LogP) is 1.20. The van der Waals surface area contributed by atoms with Crippen molar-refractivity contribution in [1.82, 2.24) is 15.6 Å². The lowest BCUT2D eigenvalue weighted by molar-refractivity contribution is -0.120. The van der Waals surface area contributed by atoms with Crippen molar-refractivity contribution in [2.24, 2.45) is 5.10 Å². The van der Waals surface area contributed by atoms with E-state index in [1.807, 2.05) is 12.1 Å². The number of ether oxygens (including phenoxy) is 1. The lowest BCUT2D eigenvalue weighted by Crippen LogP contribution is -2.19. The smallest absolute Gasteiger partial charge is 0.247 e. The van der Waals surface area contributed by atoms with Gasteiger partial charge in [-0.1, -0.05) is 11.3 Å². The molecule has 2 aromatic rings. The number of anilines is 1. The summed E-state index contributed by atoms with van der Waals surface area (Å²) in [7, 11) is 1.59. The van der Waals surface area contributed by atoms with Gasteiger partial charge in [0, 0.05) is 6.92 Å². The van der Waals surface area contributed by atoms with Gasteiger partial charge >= 0.3 is 0 Å². The molecular formula is C14H15N5O3S. The monoisotopic (exact) mass is 333 g/mol. The molecule has 0 saturated carbocycles. The van der Waals surface area contributed by atoms with E-state index < -0.39 is 0 Å². The van der Waals surface area contributed by atoms with Crippen LogP contribution in [0.3, 0.4) is 0 Å². The van der Waals surface area contributed by atoms with E-state index in [0.29, 0.717) is 10.1 Å². The highest BCUT2D eigenvalue weighted by Gasteiger charge is 2.09. The molecule has 8 nitrogen and oxygen atoms in total. The first-order chi connectivity index (χ1) is 11.1. The highest BCUT2D eigenvalue weighted by atomic mass is 32.1. The quantitative estimate of drug-likeness (QED) is 0.610. The van der Waals surface area contributed by atoms with Gasteiger partial charge in [0.15, 0.2) is 0 Å². The van der Waals surface area contributed by atoms with Crippen molar-refractivity contribution in [3.8, 4) is 5.75 Å². The molecule has 0 unspecified atom stereocenters. The topological polar surface area (TPSA) is 106 Å². The van der Waals surface area contributed by atoms with Crippen molar-refractivity contribution in [3.05, 3.63) is 34.8 Å². The van der Waals surface area contributed by atoms with E-state index in [1.165, 1.54) is 13.1 Å². The second-order valence-corrected chi connectivity index (χ2v) is 5.49. The van der Waals surface area contributed by atoms with Gasteiger partial charge in [-0.05, 0) is 29.8 Å². The summed E-state index contributed by atoms with van der Waals surface area (Å²) in [5.41, 5.74) is 3.24. The number of hydrogen-bond acceptors (Lipinski definition) is 7. The summed E-state index contributed by atoms with van der Waals surface area (Å²) in [5.74, 6) is 0.193. The van der Waals surface area contributed by atoms with Crippen LogP contribution in [0.1, 0.15) is 17.5 Å². The number of carbonyl (C=O) groups excluding carboxylic acids is 2. The number of nitrogens with one attached hydrogen (secondary N) is 2. The predicted molar refractivity (Wildman–Crippen MR) is 86.6 cm³/mol. The molecule has 9 heteroatoms. The maximum atomic E-state index is 11.7. The SMILES string of the molecule is COc1ccc(/C=N/NC(=O)Cc2nnc(NC(C)=O)s2)cc1. The first-order valence-corrected chi connectivity index (χ1v) is 7.44. The van der Waals surface area contributed by atoms with E-state index in [-0.39, 0.29) is 18.2 Å². The number of aromatic nitrogens is 2. The first kappa shape index (κ1) is 16.6. The van der Waals surface area contributed by atoms with E-state index >= 15 is 0 Å². The number of hydrogen-bond donors (Lipinski definition) is 2. The number of hydrazone groups is 1. The minimum atomic E-state index is -0.319. The second kappa shape index (κ2) is 7.99. The molecule has 23 heavy (non-hydrogen) atoms. The van der Waals surface area contributed by atoms with Crippen molar-refractivity contribution in [2.75, 3.05) is 12.4 Å². The maximum absolute atomic E-state index is 11.7. The highest BCUT2D eigenvalue weighted by Crippen LogP contribution is 2.15. The van der Waals surface area contributed by atoms with Gasteiger partial charge in [0.1, 0.15) is 10.8 Å². The number of methoxy groups -OCH3 is 1.